The van der Waals surface area contributed by atoms with E-state index in [1.807, 2.05) is 19.1 Å². The zero-order valence-electron chi connectivity index (χ0n) is 8.11. The van der Waals surface area contributed by atoms with Crippen LogP contribution in [-0.2, 0) is 0 Å². The molecule has 0 bridgehead atoms. The lowest BCUT2D eigenvalue weighted by atomic mass is 10.3. The largest absolute Gasteiger partial charge is 0.384 e. The molecule has 4 heteroatoms. The van der Waals surface area contributed by atoms with Crippen LogP contribution in [0.4, 0.5) is 5.82 Å². The summed E-state index contributed by atoms with van der Waals surface area (Å²) in [5.74, 6) is 0.535. The number of anilines is 1. The summed E-state index contributed by atoms with van der Waals surface area (Å²) in [6, 6.07) is 3.77. The van der Waals surface area contributed by atoms with Gasteiger partial charge in [0.2, 0.25) is 0 Å². The van der Waals surface area contributed by atoms with Crippen LogP contribution in [0.25, 0.3) is 10.6 Å². The van der Waals surface area contributed by atoms with Crippen LogP contribution in [0.5, 0.6) is 0 Å². The van der Waals surface area contributed by atoms with Crippen LogP contribution < -0.4 is 5.73 Å². The van der Waals surface area contributed by atoms with E-state index in [0.29, 0.717) is 5.82 Å². The Kier molecular flexibility index (Phi) is 2.21. The van der Waals surface area contributed by atoms with E-state index in [2.05, 4.69) is 16.9 Å². The summed E-state index contributed by atoms with van der Waals surface area (Å²) in [5, 5.41) is 1.01. The van der Waals surface area contributed by atoms with E-state index in [4.69, 9.17) is 5.73 Å². The lowest BCUT2D eigenvalue weighted by Crippen LogP contribution is -1.88. The molecule has 2 rings (SSSR count). The van der Waals surface area contributed by atoms with E-state index < -0.39 is 0 Å². The summed E-state index contributed by atoms with van der Waals surface area (Å²) in [6.45, 7) is 4.08. The average molecular weight is 205 g/mol. The number of nitrogen functional groups attached to an aromatic ring is 1. The van der Waals surface area contributed by atoms with Gasteiger partial charge in [0.05, 0.1) is 5.69 Å². The quantitative estimate of drug-likeness (QED) is 0.777. The fraction of sp³-hybridized carbons (Fsp3) is 0.200. The average Bonchev–Trinajstić information content (AvgIpc) is 2.47. The molecule has 0 spiro atoms. The fourth-order valence-electron chi connectivity index (χ4n) is 1.18. The SMILES string of the molecule is Cc1nc(-c2ccnc(N)c2)sc1C. The second-order valence-electron chi connectivity index (χ2n) is 3.13. The molecule has 0 unspecified atom stereocenters. The molecule has 14 heavy (non-hydrogen) atoms. The van der Waals surface area contributed by atoms with Crippen LogP contribution in [0.15, 0.2) is 18.3 Å². The van der Waals surface area contributed by atoms with Gasteiger partial charge < -0.3 is 5.73 Å². The monoisotopic (exact) mass is 205 g/mol. The van der Waals surface area contributed by atoms with Crippen molar-refractivity contribution in [2.75, 3.05) is 5.73 Å². The van der Waals surface area contributed by atoms with Crippen molar-refractivity contribution in [2.45, 2.75) is 13.8 Å². The Labute approximate surface area is 86.6 Å². The van der Waals surface area contributed by atoms with Crippen LogP contribution in [0.1, 0.15) is 10.6 Å². The lowest BCUT2D eigenvalue weighted by molar-refractivity contribution is 1.23. The van der Waals surface area contributed by atoms with E-state index in [0.717, 1.165) is 16.3 Å². The number of nitrogens with two attached hydrogens (primary N) is 1. The molecule has 0 radical (unpaired) electrons. The second kappa shape index (κ2) is 3.38. The number of nitrogens with zero attached hydrogens (tertiary/aromatic N) is 2. The molecule has 0 aliphatic rings. The molecule has 0 atom stereocenters. The lowest BCUT2D eigenvalue weighted by Gasteiger charge is -1.96. The molecule has 2 N–H and O–H groups in total. The molecule has 2 aromatic rings. The molecule has 0 aliphatic carbocycles. The summed E-state index contributed by atoms with van der Waals surface area (Å²) in [5.41, 5.74) is 7.73. The van der Waals surface area contributed by atoms with Gasteiger partial charge in [0, 0.05) is 16.6 Å². The maximum Gasteiger partial charge on any atom is 0.124 e. The van der Waals surface area contributed by atoms with Crippen molar-refractivity contribution in [3.05, 3.63) is 28.9 Å². The Bertz CT molecular complexity index is 443. The Balaban J connectivity index is 2.49. The standard InChI is InChI=1S/C10H11N3S/c1-6-7(2)14-10(13-6)8-3-4-12-9(11)5-8/h3-5H,1-2H3,(H2,11,12). The second-order valence-corrected chi connectivity index (χ2v) is 4.33. The van der Waals surface area contributed by atoms with E-state index in [9.17, 15) is 0 Å². The minimum Gasteiger partial charge on any atom is -0.384 e. The van der Waals surface area contributed by atoms with Crippen LogP contribution in [0, 0.1) is 13.8 Å². The van der Waals surface area contributed by atoms with E-state index >= 15 is 0 Å². The summed E-state index contributed by atoms with van der Waals surface area (Å²) in [4.78, 5) is 9.65. The Morgan fingerprint density at radius 3 is 2.71 bits per heavy atom. The highest BCUT2D eigenvalue weighted by Crippen LogP contribution is 2.27. The summed E-state index contributed by atoms with van der Waals surface area (Å²) in [7, 11) is 0. The number of aromatic nitrogens is 2. The van der Waals surface area contributed by atoms with Crippen molar-refractivity contribution in [3.63, 3.8) is 0 Å². The van der Waals surface area contributed by atoms with E-state index in [-0.39, 0.29) is 0 Å². The molecule has 0 aromatic carbocycles. The predicted molar refractivity (Wildman–Crippen MR) is 59.2 cm³/mol. The third-order valence-electron chi connectivity index (χ3n) is 2.06. The van der Waals surface area contributed by atoms with Gasteiger partial charge in [-0.2, -0.15) is 0 Å². The van der Waals surface area contributed by atoms with Crippen molar-refractivity contribution in [2.24, 2.45) is 0 Å². The van der Waals surface area contributed by atoms with Gasteiger partial charge in [-0.3, -0.25) is 0 Å². The van der Waals surface area contributed by atoms with E-state index in [1.54, 1.807) is 17.5 Å². The van der Waals surface area contributed by atoms with Gasteiger partial charge in [-0.05, 0) is 26.0 Å². The zero-order valence-corrected chi connectivity index (χ0v) is 8.93. The van der Waals surface area contributed by atoms with Crippen molar-refractivity contribution in [1.82, 2.24) is 9.97 Å². The molecule has 0 aliphatic heterocycles. The third kappa shape index (κ3) is 1.61. The van der Waals surface area contributed by atoms with Crippen LogP contribution in [0.2, 0.25) is 0 Å². The first kappa shape index (κ1) is 9.15. The number of pyridine rings is 1. The van der Waals surface area contributed by atoms with Crippen molar-refractivity contribution in [3.8, 4) is 10.6 Å². The summed E-state index contributed by atoms with van der Waals surface area (Å²) < 4.78 is 0. The number of rotatable bonds is 1. The molecule has 0 saturated carbocycles. The van der Waals surface area contributed by atoms with Gasteiger partial charge in [-0.15, -0.1) is 11.3 Å². The van der Waals surface area contributed by atoms with Gasteiger partial charge >= 0.3 is 0 Å². The number of hydrogen-bond donors (Lipinski definition) is 1. The van der Waals surface area contributed by atoms with Gasteiger partial charge in [0.25, 0.3) is 0 Å². The zero-order chi connectivity index (χ0) is 10.1. The van der Waals surface area contributed by atoms with Crippen molar-refractivity contribution < 1.29 is 0 Å². The minimum atomic E-state index is 0.535. The number of aryl methyl sites for hydroxylation is 2. The minimum absolute atomic E-state index is 0.535. The summed E-state index contributed by atoms with van der Waals surface area (Å²) >= 11 is 1.68. The molecule has 2 heterocycles. The topological polar surface area (TPSA) is 51.8 Å². The van der Waals surface area contributed by atoms with Crippen LogP contribution >= 0.6 is 11.3 Å². The molecule has 2 aromatic heterocycles. The van der Waals surface area contributed by atoms with Gasteiger partial charge in [-0.25, -0.2) is 9.97 Å². The maximum absolute atomic E-state index is 5.61. The smallest absolute Gasteiger partial charge is 0.124 e. The van der Waals surface area contributed by atoms with E-state index in [1.165, 1.54) is 4.88 Å². The van der Waals surface area contributed by atoms with Crippen molar-refractivity contribution in [1.29, 1.82) is 0 Å². The molecule has 0 fully saturated rings. The highest BCUT2D eigenvalue weighted by Gasteiger charge is 2.05. The first-order chi connectivity index (χ1) is 6.66. The Morgan fingerprint density at radius 1 is 1.36 bits per heavy atom. The first-order valence-corrected chi connectivity index (χ1v) is 5.14. The normalized spacial score (nSPS) is 10.4. The van der Waals surface area contributed by atoms with Gasteiger partial charge in [0.1, 0.15) is 10.8 Å². The predicted octanol–water partition coefficient (Wildman–Crippen LogP) is 2.40. The van der Waals surface area contributed by atoms with Gasteiger partial charge in [-0.1, -0.05) is 0 Å². The number of thiazole rings is 1. The highest BCUT2D eigenvalue weighted by atomic mass is 32.1. The Morgan fingerprint density at radius 2 is 2.14 bits per heavy atom. The van der Waals surface area contributed by atoms with Crippen molar-refractivity contribution >= 4 is 17.2 Å². The Hall–Kier alpha value is -1.42. The molecule has 0 amide bonds. The van der Waals surface area contributed by atoms with Gasteiger partial charge in [0.15, 0.2) is 0 Å². The molecular weight excluding hydrogens is 194 g/mol. The fourth-order valence-corrected chi connectivity index (χ4v) is 2.09. The highest BCUT2D eigenvalue weighted by molar-refractivity contribution is 7.15. The molecule has 0 saturated heterocycles. The third-order valence-corrected chi connectivity index (χ3v) is 3.18. The molecular formula is C10H11N3S. The number of hydrogen-bond acceptors (Lipinski definition) is 4. The maximum atomic E-state index is 5.61. The molecule has 72 valence electrons. The first-order valence-electron chi connectivity index (χ1n) is 4.33. The van der Waals surface area contributed by atoms with Crippen LogP contribution in [0.3, 0.4) is 0 Å². The molecule has 3 nitrogen and oxygen atoms in total. The summed E-state index contributed by atoms with van der Waals surface area (Å²) in [6.07, 6.45) is 1.71. The van der Waals surface area contributed by atoms with Crippen LogP contribution in [-0.4, -0.2) is 9.97 Å².